The van der Waals surface area contributed by atoms with Crippen molar-refractivity contribution in [2.45, 2.75) is 77.0 Å². The van der Waals surface area contributed by atoms with Gasteiger partial charge < -0.3 is 34.4 Å². The molecule has 2 unspecified atom stereocenters. The number of aryl methyl sites for hydroxylation is 1. The zero-order valence-electron chi connectivity index (χ0n) is 28.6. The number of aliphatic carboxylic acids is 1. The summed E-state index contributed by atoms with van der Waals surface area (Å²) in [6.07, 6.45) is 10.2. The summed E-state index contributed by atoms with van der Waals surface area (Å²) >= 11 is 0. The molecule has 0 fully saturated rings. The summed E-state index contributed by atoms with van der Waals surface area (Å²) < 4.78 is 5.25. The molecule has 0 saturated carbocycles. The summed E-state index contributed by atoms with van der Waals surface area (Å²) in [5.74, 6) is 8.42. The van der Waals surface area contributed by atoms with E-state index in [-0.39, 0.29) is 37.1 Å². The first-order valence-corrected chi connectivity index (χ1v) is 16.6. The van der Waals surface area contributed by atoms with Crippen molar-refractivity contribution in [3.63, 3.8) is 0 Å². The quantitative estimate of drug-likeness (QED) is 0.0714. The molecule has 3 aromatic rings. The van der Waals surface area contributed by atoms with Crippen molar-refractivity contribution >= 4 is 11.8 Å². The van der Waals surface area contributed by atoms with E-state index < -0.39 is 5.97 Å². The van der Waals surface area contributed by atoms with E-state index in [1.807, 2.05) is 42.5 Å². The van der Waals surface area contributed by atoms with Crippen molar-refractivity contribution < 1.29 is 38.3 Å². The Morgan fingerprint density at radius 3 is 2.21 bits per heavy atom. The summed E-state index contributed by atoms with van der Waals surface area (Å²) in [5, 5.41) is 12.2. The number of hydrogen-bond acceptors (Lipinski definition) is 4. The van der Waals surface area contributed by atoms with Crippen LogP contribution in [0.25, 0.3) is 0 Å². The van der Waals surface area contributed by atoms with Crippen LogP contribution in [0.15, 0.2) is 78.9 Å². The van der Waals surface area contributed by atoms with Crippen molar-refractivity contribution in [2.75, 3.05) is 20.2 Å². The van der Waals surface area contributed by atoms with Gasteiger partial charge in [0, 0.05) is 30.0 Å². The molecule has 0 spiro atoms. The number of nitrogens with one attached hydrogen (secondary N) is 1. The van der Waals surface area contributed by atoms with Gasteiger partial charge in [-0.05, 0) is 67.6 Å². The maximum absolute atomic E-state index is 13.3. The van der Waals surface area contributed by atoms with E-state index >= 15 is 0 Å². The predicted octanol–water partition coefficient (Wildman–Crippen LogP) is 5.43. The molecule has 0 radical (unpaired) electrons. The summed E-state index contributed by atoms with van der Waals surface area (Å²) in [4.78, 5) is 24.2. The first kappa shape index (κ1) is 39.9. The Balaban J connectivity index is 0.00000768. The first-order valence-electron chi connectivity index (χ1n) is 16.6. The van der Waals surface area contributed by atoms with Crippen LogP contribution < -0.4 is 28.9 Å². The van der Waals surface area contributed by atoms with Crippen LogP contribution >= 0.6 is 0 Å². The van der Waals surface area contributed by atoms with Crippen LogP contribution in [0.4, 0.5) is 0 Å². The second-order valence-corrected chi connectivity index (χ2v) is 11.9. The van der Waals surface area contributed by atoms with Gasteiger partial charge in [-0.3, -0.25) is 15.5 Å². The van der Waals surface area contributed by atoms with Gasteiger partial charge in [-0.15, -0.1) is 12.1 Å². The number of ketones is 1. The number of benzene rings is 3. The Hall–Kier alpha value is -3.28. The molecule has 246 valence electrons. The molecule has 0 bridgehead atoms. The molecule has 2 atom stereocenters. The van der Waals surface area contributed by atoms with Crippen molar-refractivity contribution in [2.24, 2.45) is 5.92 Å². The van der Waals surface area contributed by atoms with E-state index in [1.165, 1.54) is 17.0 Å². The van der Waals surface area contributed by atoms with E-state index in [9.17, 15) is 9.59 Å². The number of unbranched alkanes of at least 4 members (excludes halogenated alkanes) is 1. The molecule has 0 amide bonds. The largest absolute Gasteiger partial charge is 1.00 e. The van der Waals surface area contributed by atoms with Crippen LogP contribution in [0.3, 0.4) is 0 Å². The molecule has 0 saturated heterocycles. The summed E-state index contributed by atoms with van der Waals surface area (Å²) in [6, 6.07) is 26.5. The number of carboxylic acids is 1. The number of ether oxygens (including phenoxy) is 1. The second-order valence-electron chi connectivity index (χ2n) is 11.9. The average Bonchev–Trinajstić information content (AvgIpc) is 3.07. The van der Waals surface area contributed by atoms with Gasteiger partial charge in [-0.1, -0.05) is 67.1 Å². The molecule has 3 aromatic carbocycles. The number of carboxylic acid groups (broad SMARTS) is 1. The fourth-order valence-corrected chi connectivity index (χ4v) is 5.66. The topological polar surface area (TPSA) is 75.6 Å². The Kier molecular flexibility index (Phi) is 19.6. The van der Waals surface area contributed by atoms with E-state index in [0.29, 0.717) is 25.3 Å². The Morgan fingerprint density at radius 2 is 1.57 bits per heavy atom. The molecular weight excluding hydrogens is 577 g/mol. The minimum absolute atomic E-state index is 0. The van der Waals surface area contributed by atoms with Gasteiger partial charge >= 0.3 is 24.8 Å². The standard InChI is InChI=1S/C41H50NO4.Li/c1-4-5-15-37(40(43)17-10-14-34-22-26-38(46-3)27-23-34)16-9-11-32(2)39(28-30-42-31-29-41(44)45)36-24-20-35(21-25-36)19-18-33-12-7-6-8-13-33;/h6-8,12-13,20-28,37,39,42H,1,4-5,9-11,14-17,29-31H2,2-3H3,(H,44,45);/q-3;+1. The van der Waals surface area contributed by atoms with Gasteiger partial charge in [-0.2, -0.15) is 19.8 Å². The molecule has 3 rings (SSSR count). The molecule has 0 heterocycles. The van der Waals surface area contributed by atoms with Crippen LogP contribution in [0.2, 0.25) is 0 Å². The van der Waals surface area contributed by atoms with Gasteiger partial charge in [-0.25, -0.2) is 0 Å². The Bertz CT molecular complexity index is 1360. The zero-order chi connectivity index (χ0) is 33.0. The molecule has 5 nitrogen and oxygen atoms in total. The van der Waals surface area contributed by atoms with E-state index in [4.69, 9.17) is 9.84 Å². The molecule has 2 N–H and O–H groups in total. The third kappa shape index (κ3) is 15.4. The number of carbonyl (C=O) groups is 2. The SMILES string of the molecule is [CH2-]CCCC(CCC[C-](C)C([CH-]CNCCC(=O)O)c1ccc(C#Cc2ccccc2)cc1)C(=O)CCCc1ccc(OC)cc1.[Li+]. The van der Waals surface area contributed by atoms with Crippen LogP contribution in [0, 0.1) is 37.0 Å². The fraction of sp³-hybridized carbons (Fsp3) is 0.390. The molecular formula is C41H50LiNO4-2. The van der Waals surface area contributed by atoms with E-state index in [2.05, 4.69) is 73.8 Å². The smallest absolute Gasteiger partial charge is 0.497 e. The molecule has 6 heteroatoms. The minimum atomic E-state index is -0.803. The van der Waals surface area contributed by atoms with Crippen molar-refractivity contribution in [1.29, 1.82) is 0 Å². The number of hydrogen-bond donors (Lipinski definition) is 2. The second kappa shape index (κ2) is 23.1. The Morgan fingerprint density at radius 1 is 0.915 bits per heavy atom. The van der Waals surface area contributed by atoms with Crippen molar-refractivity contribution in [3.05, 3.63) is 120 Å². The molecule has 0 aromatic heterocycles. The zero-order valence-corrected chi connectivity index (χ0v) is 28.6. The molecule has 0 aliphatic heterocycles. The van der Waals surface area contributed by atoms with Gasteiger partial charge in [0.1, 0.15) is 11.5 Å². The number of methoxy groups -OCH3 is 1. The predicted molar refractivity (Wildman–Crippen MR) is 187 cm³/mol. The normalized spacial score (nSPS) is 12.0. The Labute approximate surface area is 295 Å². The van der Waals surface area contributed by atoms with Crippen LogP contribution in [-0.2, 0) is 16.0 Å². The third-order valence-corrected chi connectivity index (χ3v) is 8.37. The van der Waals surface area contributed by atoms with Crippen molar-refractivity contribution in [3.8, 4) is 17.6 Å². The fourth-order valence-electron chi connectivity index (χ4n) is 5.66. The summed E-state index contributed by atoms with van der Waals surface area (Å²) in [6.45, 7) is 7.25. The summed E-state index contributed by atoms with van der Waals surface area (Å²) in [5.41, 5.74) is 4.36. The maximum atomic E-state index is 13.3. The van der Waals surface area contributed by atoms with Gasteiger partial charge in [0.2, 0.25) is 0 Å². The monoisotopic (exact) mass is 627 g/mol. The maximum Gasteiger partial charge on any atom is 1.00 e. The third-order valence-electron chi connectivity index (χ3n) is 8.37. The van der Waals surface area contributed by atoms with Crippen LogP contribution in [0.1, 0.15) is 92.9 Å². The van der Waals surface area contributed by atoms with E-state index in [0.717, 1.165) is 68.2 Å². The molecule has 0 aliphatic rings. The minimum Gasteiger partial charge on any atom is -0.497 e. The summed E-state index contributed by atoms with van der Waals surface area (Å²) in [7, 11) is 1.67. The van der Waals surface area contributed by atoms with Gasteiger partial charge in [0.15, 0.2) is 0 Å². The van der Waals surface area contributed by atoms with Crippen molar-refractivity contribution in [1.82, 2.24) is 5.32 Å². The van der Waals surface area contributed by atoms with Crippen LogP contribution in [-0.4, -0.2) is 37.1 Å². The molecule has 47 heavy (non-hydrogen) atoms. The van der Waals surface area contributed by atoms with Gasteiger partial charge in [0.25, 0.3) is 0 Å². The first-order chi connectivity index (χ1) is 22.4. The number of rotatable bonds is 21. The molecule has 0 aliphatic carbocycles. The number of carbonyl (C=O) groups excluding carboxylic acids is 1. The van der Waals surface area contributed by atoms with Crippen LogP contribution in [0.5, 0.6) is 5.75 Å². The van der Waals surface area contributed by atoms with E-state index in [1.54, 1.807) is 7.11 Å². The average molecular weight is 628 g/mol. The van der Waals surface area contributed by atoms with Gasteiger partial charge in [0.05, 0.1) is 13.5 Å². The number of Topliss-reactive ketones (excluding diaryl/α,β-unsaturated/α-hetero) is 1.